The van der Waals surface area contributed by atoms with Crippen LogP contribution in [-0.4, -0.2) is 70.1 Å². The van der Waals surface area contributed by atoms with Gasteiger partial charge >= 0.3 is 0 Å². The van der Waals surface area contributed by atoms with Gasteiger partial charge in [0, 0.05) is 0 Å². The van der Waals surface area contributed by atoms with Gasteiger partial charge in [0.15, 0.2) is 12.4 Å². The highest BCUT2D eigenvalue weighted by Gasteiger charge is 2.62. The van der Waals surface area contributed by atoms with Crippen molar-refractivity contribution in [3.8, 4) is 0 Å². The number of aryl methyl sites for hydroxylation is 1. The van der Waals surface area contributed by atoms with Gasteiger partial charge in [0.05, 0.1) is 11.5 Å². The monoisotopic (exact) mass is 334 g/mol. The van der Waals surface area contributed by atoms with E-state index < -0.39 is 46.0 Å². The first-order chi connectivity index (χ1) is 10.2. The molecule has 1 aromatic carbocycles. The minimum absolute atomic E-state index is 0.343. The normalized spacial score (nSPS) is 36.3. The lowest BCUT2D eigenvalue weighted by atomic mass is 9.98. The summed E-state index contributed by atoms with van der Waals surface area (Å²) in [6.07, 6.45) is -8.10. The van der Waals surface area contributed by atoms with E-state index in [1.165, 1.54) is 24.3 Å². The third-order valence-electron chi connectivity index (χ3n) is 3.73. The van der Waals surface area contributed by atoms with Crippen molar-refractivity contribution in [3.63, 3.8) is 0 Å². The van der Waals surface area contributed by atoms with Crippen LogP contribution in [0.1, 0.15) is 5.56 Å². The average Bonchev–Trinajstić information content (AvgIpc) is 2.49. The van der Waals surface area contributed by atoms with Crippen LogP contribution in [0.2, 0.25) is 0 Å². The van der Waals surface area contributed by atoms with E-state index in [0.717, 1.165) is 5.56 Å². The number of ether oxygens (including phenoxy) is 1. The molecule has 0 bridgehead atoms. The molecule has 0 saturated carbocycles. The van der Waals surface area contributed by atoms with E-state index in [-0.39, 0.29) is 4.90 Å². The smallest absolute Gasteiger partial charge is 0.230 e. The van der Waals surface area contributed by atoms with Gasteiger partial charge in [-0.15, -0.1) is 0 Å². The van der Waals surface area contributed by atoms with Gasteiger partial charge in [0.25, 0.3) is 0 Å². The Bertz CT molecular complexity index is 628. The van der Waals surface area contributed by atoms with Gasteiger partial charge in [-0.2, -0.15) is 0 Å². The topological polar surface area (TPSA) is 145 Å². The number of hydrogen-bond acceptors (Lipinski definition) is 8. The Hall–Kier alpha value is -1.07. The third-order valence-corrected chi connectivity index (χ3v) is 5.96. The van der Waals surface area contributed by atoms with Crippen LogP contribution in [0.5, 0.6) is 0 Å². The van der Waals surface area contributed by atoms with E-state index in [9.17, 15) is 28.8 Å². The van der Waals surface area contributed by atoms with Crippen LogP contribution in [0.3, 0.4) is 0 Å². The highest BCUT2D eigenvalue weighted by molar-refractivity contribution is 7.92. The number of sulfone groups is 1. The zero-order valence-electron chi connectivity index (χ0n) is 11.7. The van der Waals surface area contributed by atoms with E-state index in [4.69, 9.17) is 5.11 Å². The lowest BCUT2D eigenvalue weighted by Gasteiger charge is -2.45. The summed E-state index contributed by atoms with van der Waals surface area (Å²) in [7, 11) is -4.65. The predicted molar refractivity (Wildman–Crippen MR) is 73.3 cm³/mol. The highest BCUT2D eigenvalue weighted by Crippen LogP contribution is 2.37. The molecule has 5 atom stereocenters. The Morgan fingerprint density at radius 2 is 1.68 bits per heavy atom. The fourth-order valence-corrected chi connectivity index (χ4v) is 4.12. The fourth-order valence-electron chi connectivity index (χ4n) is 2.34. The van der Waals surface area contributed by atoms with Crippen molar-refractivity contribution in [1.82, 2.24) is 0 Å². The van der Waals surface area contributed by atoms with Gasteiger partial charge in [0.2, 0.25) is 14.8 Å². The van der Waals surface area contributed by atoms with Gasteiger partial charge in [-0.3, -0.25) is 0 Å². The second-order valence-electron chi connectivity index (χ2n) is 5.21. The standard InChI is InChI=1S/C13H18O8S/c1-7-2-4-8(5-3-7)22(19,20)13(18)10(15)9(6-14)21-12(17)11(13)16/h2-5,9-12,14-18H,6H2,1H3/t9-,10+,11+,12?,13+/m1/s1. The van der Waals surface area contributed by atoms with E-state index in [0.29, 0.717) is 0 Å². The van der Waals surface area contributed by atoms with E-state index in [2.05, 4.69) is 4.74 Å². The maximum Gasteiger partial charge on any atom is 0.230 e. The van der Waals surface area contributed by atoms with Crippen LogP contribution < -0.4 is 0 Å². The molecule has 1 saturated heterocycles. The van der Waals surface area contributed by atoms with E-state index in [1.807, 2.05) is 0 Å². The molecule has 2 rings (SSSR count). The fraction of sp³-hybridized carbons (Fsp3) is 0.538. The number of aliphatic hydroxyl groups excluding tert-OH is 4. The predicted octanol–water partition coefficient (Wildman–Crippen LogP) is -2.11. The van der Waals surface area contributed by atoms with Crippen LogP contribution in [0.25, 0.3) is 0 Å². The lowest BCUT2D eigenvalue weighted by molar-refractivity contribution is -0.298. The molecule has 9 heteroatoms. The molecule has 1 aliphatic rings. The van der Waals surface area contributed by atoms with Crippen LogP contribution in [0.4, 0.5) is 0 Å². The molecule has 0 spiro atoms. The minimum Gasteiger partial charge on any atom is -0.394 e. The van der Waals surface area contributed by atoms with Gasteiger partial charge in [0.1, 0.15) is 12.2 Å². The summed E-state index contributed by atoms with van der Waals surface area (Å²) in [4.78, 5) is -3.46. The zero-order chi connectivity index (χ0) is 16.7. The molecule has 1 aromatic rings. The lowest BCUT2D eigenvalue weighted by Crippen LogP contribution is -2.70. The van der Waals surface area contributed by atoms with Gasteiger partial charge < -0.3 is 30.3 Å². The first kappa shape index (κ1) is 17.3. The zero-order valence-corrected chi connectivity index (χ0v) is 12.5. The summed E-state index contributed by atoms with van der Waals surface area (Å²) < 4.78 is 29.9. The second-order valence-corrected chi connectivity index (χ2v) is 7.34. The Morgan fingerprint density at radius 1 is 1.14 bits per heavy atom. The summed E-state index contributed by atoms with van der Waals surface area (Å²) in [6.45, 7) is 0.880. The van der Waals surface area contributed by atoms with E-state index in [1.54, 1.807) is 6.92 Å². The first-order valence-electron chi connectivity index (χ1n) is 6.50. The molecule has 0 aromatic heterocycles. The molecule has 22 heavy (non-hydrogen) atoms. The van der Waals surface area contributed by atoms with Crippen molar-refractivity contribution >= 4 is 9.84 Å². The first-order valence-corrected chi connectivity index (χ1v) is 7.98. The van der Waals surface area contributed by atoms with Crippen LogP contribution in [-0.2, 0) is 14.6 Å². The number of benzene rings is 1. The summed E-state index contributed by atoms with van der Waals surface area (Å²) in [5.74, 6) is 0. The van der Waals surface area contributed by atoms with E-state index >= 15 is 0 Å². The number of aliphatic hydroxyl groups is 5. The Labute approximate surface area is 127 Å². The minimum atomic E-state index is -4.65. The maximum absolute atomic E-state index is 12.6. The summed E-state index contributed by atoms with van der Waals surface area (Å²) in [5.41, 5.74) is 0.771. The molecular formula is C13H18O8S. The molecular weight excluding hydrogens is 316 g/mol. The molecule has 124 valence electrons. The number of hydrogen-bond donors (Lipinski definition) is 5. The van der Waals surface area contributed by atoms with Crippen LogP contribution >= 0.6 is 0 Å². The second kappa shape index (κ2) is 5.85. The maximum atomic E-state index is 12.6. The van der Waals surface area contributed by atoms with Gasteiger partial charge in [-0.25, -0.2) is 8.42 Å². The molecule has 5 N–H and O–H groups in total. The van der Waals surface area contributed by atoms with Crippen molar-refractivity contribution in [2.75, 3.05) is 6.61 Å². The Morgan fingerprint density at radius 3 is 2.18 bits per heavy atom. The molecule has 8 nitrogen and oxygen atoms in total. The summed E-state index contributed by atoms with van der Waals surface area (Å²) in [6, 6.07) is 5.37. The molecule has 0 radical (unpaired) electrons. The highest BCUT2D eigenvalue weighted by atomic mass is 32.2. The van der Waals surface area contributed by atoms with Crippen molar-refractivity contribution in [3.05, 3.63) is 29.8 Å². The van der Waals surface area contributed by atoms with Crippen molar-refractivity contribution in [2.45, 2.75) is 41.4 Å². The van der Waals surface area contributed by atoms with Gasteiger partial charge in [-0.05, 0) is 19.1 Å². The van der Waals surface area contributed by atoms with Crippen LogP contribution in [0.15, 0.2) is 29.2 Å². The SMILES string of the molecule is Cc1ccc(S(=O)(=O)[C@]2(O)[C@@H](O)C(O)O[C@H](CO)[C@@H]2O)cc1. The Kier molecular flexibility index (Phi) is 4.60. The molecule has 1 heterocycles. The van der Waals surface area contributed by atoms with Gasteiger partial charge in [-0.1, -0.05) is 17.7 Å². The summed E-state index contributed by atoms with van der Waals surface area (Å²) >= 11 is 0. The molecule has 0 aliphatic carbocycles. The molecule has 1 fully saturated rings. The van der Waals surface area contributed by atoms with Crippen molar-refractivity contribution in [2.24, 2.45) is 0 Å². The quantitative estimate of drug-likeness (QED) is 0.422. The summed E-state index contributed by atoms with van der Waals surface area (Å²) in [5, 5.41) is 49.1. The van der Waals surface area contributed by atoms with Crippen molar-refractivity contribution < 1.29 is 38.7 Å². The average molecular weight is 334 g/mol. The largest absolute Gasteiger partial charge is 0.394 e. The third kappa shape index (κ3) is 2.44. The molecule has 1 aliphatic heterocycles. The van der Waals surface area contributed by atoms with Crippen molar-refractivity contribution in [1.29, 1.82) is 0 Å². The van der Waals surface area contributed by atoms with Crippen LogP contribution in [0, 0.1) is 6.92 Å². The molecule has 1 unspecified atom stereocenters. The Balaban J connectivity index is 2.56. The molecule has 0 amide bonds. The number of rotatable bonds is 3.